The molecule has 0 heterocycles. The average molecular weight is 152 g/mol. The van der Waals surface area contributed by atoms with Crippen molar-refractivity contribution in [3.8, 4) is 0 Å². The topological polar surface area (TPSA) is 0 Å². The minimum Gasteiger partial charge on any atom is -0.0906 e. The summed E-state index contributed by atoms with van der Waals surface area (Å²) < 4.78 is 0. The summed E-state index contributed by atoms with van der Waals surface area (Å²) in [6.07, 6.45) is 2.77. The third-order valence-electron chi connectivity index (χ3n) is 1.25. The molecule has 1 heteroatoms. The number of rotatable bonds is 1. The molecule has 0 fully saturated rings. The van der Waals surface area contributed by atoms with Crippen LogP contribution in [0.25, 0.3) is 0 Å². The summed E-state index contributed by atoms with van der Waals surface area (Å²) in [5, 5.41) is 0.742. The molecule has 10 heavy (non-hydrogen) atoms. The number of halogens is 1. The van der Waals surface area contributed by atoms with E-state index in [2.05, 4.69) is 12.7 Å². The Labute approximate surface area is 66.1 Å². The summed E-state index contributed by atoms with van der Waals surface area (Å²) in [6, 6.07) is 5.73. The van der Waals surface area contributed by atoms with Crippen LogP contribution in [0.5, 0.6) is 0 Å². The molecular weight excluding hydrogens is 144 g/mol. The van der Waals surface area contributed by atoms with Gasteiger partial charge in [0.15, 0.2) is 0 Å². The van der Waals surface area contributed by atoms with Crippen molar-refractivity contribution in [1.29, 1.82) is 0 Å². The van der Waals surface area contributed by atoms with Gasteiger partial charge in [-0.05, 0) is 36.3 Å². The van der Waals surface area contributed by atoms with Gasteiger partial charge in [0.2, 0.25) is 0 Å². The van der Waals surface area contributed by atoms with Gasteiger partial charge in [-0.3, -0.25) is 0 Å². The van der Waals surface area contributed by atoms with Gasteiger partial charge >= 0.3 is 0 Å². The van der Waals surface area contributed by atoms with E-state index >= 15 is 0 Å². The molecule has 0 aliphatic carbocycles. The molecule has 1 rings (SSSR count). The van der Waals surface area contributed by atoms with Crippen LogP contribution < -0.4 is 0 Å². The van der Waals surface area contributed by atoms with E-state index in [1.165, 1.54) is 0 Å². The van der Waals surface area contributed by atoms with Crippen LogP contribution in [0.2, 0.25) is 5.02 Å². The predicted octanol–water partition coefficient (Wildman–Crippen LogP) is 2.99. The first kappa shape index (κ1) is 7.36. The Morgan fingerprint density at radius 2 is 2.10 bits per heavy atom. The Balaban J connectivity index is 3.18. The van der Waals surface area contributed by atoms with E-state index in [0.29, 0.717) is 0 Å². The highest BCUT2D eigenvalue weighted by Crippen LogP contribution is 2.13. The molecule has 0 saturated carbocycles. The second-order valence-corrected chi connectivity index (χ2v) is 2.63. The summed E-state index contributed by atoms with van der Waals surface area (Å²) in [4.78, 5) is 0. The van der Waals surface area contributed by atoms with Crippen molar-refractivity contribution in [2.24, 2.45) is 0 Å². The van der Waals surface area contributed by atoms with Crippen LogP contribution in [-0.4, -0.2) is 0 Å². The van der Waals surface area contributed by atoms with Crippen LogP contribution in [-0.2, 0) is 0 Å². The van der Waals surface area contributed by atoms with Crippen LogP contribution in [0.15, 0.2) is 24.8 Å². The maximum Gasteiger partial charge on any atom is 0.0414 e. The molecule has 0 unspecified atom stereocenters. The Bertz CT molecular complexity index is 231. The molecule has 1 aromatic rings. The van der Waals surface area contributed by atoms with Crippen molar-refractivity contribution in [2.75, 3.05) is 0 Å². The lowest BCUT2D eigenvalue weighted by Gasteiger charge is -1.95. The van der Waals surface area contributed by atoms with Crippen LogP contribution in [0.4, 0.5) is 0 Å². The summed E-state index contributed by atoms with van der Waals surface area (Å²) in [7, 11) is 0. The fourth-order valence-corrected chi connectivity index (χ4v) is 1.13. The molecule has 0 aliphatic rings. The number of benzene rings is 1. The van der Waals surface area contributed by atoms with Gasteiger partial charge < -0.3 is 0 Å². The number of aryl methyl sites for hydroxylation is 1. The van der Waals surface area contributed by atoms with E-state index in [1.54, 1.807) is 0 Å². The van der Waals surface area contributed by atoms with E-state index in [0.717, 1.165) is 16.1 Å². The van der Waals surface area contributed by atoms with E-state index in [4.69, 9.17) is 11.6 Å². The van der Waals surface area contributed by atoms with Crippen molar-refractivity contribution in [3.05, 3.63) is 47.0 Å². The molecule has 0 saturated heterocycles. The zero-order valence-electron chi connectivity index (χ0n) is 5.82. The van der Waals surface area contributed by atoms with Gasteiger partial charge in [0.1, 0.15) is 0 Å². The van der Waals surface area contributed by atoms with Gasteiger partial charge in [-0.25, -0.2) is 0 Å². The first-order valence-electron chi connectivity index (χ1n) is 3.02. The van der Waals surface area contributed by atoms with Crippen molar-refractivity contribution in [1.82, 2.24) is 0 Å². The molecule has 1 radical (unpaired) electrons. The summed E-state index contributed by atoms with van der Waals surface area (Å²) in [5.41, 5.74) is 2.09. The average Bonchev–Trinajstić information content (AvgIpc) is 1.85. The van der Waals surface area contributed by atoms with Crippen LogP contribution in [0.1, 0.15) is 11.1 Å². The third kappa shape index (κ3) is 1.61. The smallest absolute Gasteiger partial charge is 0.0414 e. The first-order chi connectivity index (χ1) is 4.72. The standard InChI is InChI=1S/C9H8Cl/c1-3-8-4-7(2)5-9(10)6-8/h4-6H,1H2,2H3. The molecular formula is C9H8Cl. The molecule has 0 aromatic heterocycles. The van der Waals surface area contributed by atoms with E-state index in [9.17, 15) is 0 Å². The quantitative estimate of drug-likeness (QED) is 0.579. The van der Waals surface area contributed by atoms with Crippen molar-refractivity contribution in [2.45, 2.75) is 6.92 Å². The Morgan fingerprint density at radius 1 is 1.40 bits per heavy atom. The lowest BCUT2D eigenvalue weighted by Crippen LogP contribution is -1.76. The van der Waals surface area contributed by atoms with Gasteiger partial charge in [0.25, 0.3) is 0 Å². The molecule has 0 amide bonds. The molecule has 0 nitrogen and oxygen atoms in total. The third-order valence-corrected chi connectivity index (χ3v) is 1.46. The fourth-order valence-electron chi connectivity index (χ4n) is 0.838. The lowest BCUT2D eigenvalue weighted by atomic mass is 10.1. The number of hydrogen-bond acceptors (Lipinski definition) is 0. The molecule has 0 N–H and O–H groups in total. The lowest BCUT2D eigenvalue weighted by molar-refractivity contribution is 1.43. The normalized spacial score (nSPS) is 9.40. The monoisotopic (exact) mass is 151 g/mol. The van der Waals surface area contributed by atoms with E-state index < -0.39 is 0 Å². The zero-order chi connectivity index (χ0) is 7.56. The predicted molar refractivity (Wildman–Crippen MR) is 44.2 cm³/mol. The summed E-state index contributed by atoms with van der Waals surface area (Å²) in [6.45, 7) is 5.52. The second-order valence-electron chi connectivity index (χ2n) is 2.19. The highest BCUT2D eigenvalue weighted by molar-refractivity contribution is 6.30. The van der Waals surface area contributed by atoms with Gasteiger partial charge in [0, 0.05) is 5.02 Å². The zero-order valence-corrected chi connectivity index (χ0v) is 6.57. The SMILES string of the molecule is C=[C]c1cc(C)cc(Cl)c1. The fraction of sp³-hybridized carbons (Fsp3) is 0.111. The van der Waals surface area contributed by atoms with Gasteiger partial charge in [0.05, 0.1) is 0 Å². The van der Waals surface area contributed by atoms with Crippen LogP contribution >= 0.6 is 11.6 Å². The van der Waals surface area contributed by atoms with Crippen molar-refractivity contribution >= 4 is 11.6 Å². The van der Waals surface area contributed by atoms with E-state index in [-0.39, 0.29) is 0 Å². The minimum atomic E-state index is 0.742. The van der Waals surface area contributed by atoms with Gasteiger partial charge in [-0.2, -0.15) is 0 Å². The second kappa shape index (κ2) is 2.89. The summed E-state index contributed by atoms with van der Waals surface area (Å²) >= 11 is 5.76. The maximum atomic E-state index is 5.76. The highest BCUT2D eigenvalue weighted by atomic mass is 35.5. The summed E-state index contributed by atoms with van der Waals surface area (Å²) in [5.74, 6) is 0. The van der Waals surface area contributed by atoms with Crippen molar-refractivity contribution < 1.29 is 0 Å². The molecule has 0 atom stereocenters. The minimum absolute atomic E-state index is 0.742. The molecule has 1 aromatic carbocycles. The Hall–Kier alpha value is -0.750. The highest BCUT2D eigenvalue weighted by Gasteiger charge is 1.91. The van der Waals surface area contributed by atoms with Gasteiger partial charge in [-0.1, -0.05) is 24.2 Å². The molecule has 0 bridgehead atoms. The Kier molecular flexibility index (Phi) is 2.13. The number of hydrogen-bond donors (Lipinski definition) is 0. The largest absolute Gasteiger partial charge is 0.0906 e. The van der Waals surface area contributed by atoms with Gasteiger partial charge in [-0.15, -0.1) is 0 Å². The van der Waals surface area contributed by atoms with Crippen LogP contribution in [0.3, 0.4) is 0 Å². The molecule has 0 aliphatic heterocycles. The maximum absolute atomic E-state index is 5.76. The van der Waals surface area contributed by atoms with E-state index in [1.807, 2.05) is 25.1 Å². The molecule has 0 spiro atoms. The molecule has 51 valence electrons. The van der Waals surface area contributed by atoms with Crippen LogP contribution in [0, 0.1) is 13.0 Å². The Morgan fingerprint density at radius 3 is 2.60 bits per heavy atom. The first-order valence-corrected chi connectivity index (χ1v) is 3.40. The van der Waals surface area contributed by atoms with Crippen molar-refractivity contribution in [3.63, 3.8) is 0 Å².